The normalized spacial score (nSPS) is 15.1. The number of pyridine rings is 1. The number of halogens is 3. The van der Waals surface area contributed by atoms with Crippen LogP contribution in [0, 0.1) is 24.1 Å². The van der Waals surface area contributed by atoms with Gasteiger partial charge in [0.1, 0.15) is 17.6 Å². The maximum Gasteiger partial charge on any atom is 0.141 e. The Kier molecular flexibility index (Phi) is 8.88. The van der Waals surface area contributed by atoms with Gasteiger partial charge in [-0.25, -0.2) is 9.07 Å². The summed E-state index contributed by atoms with van der Waals surface area (Å²) < 4.78 is 15.9. The molecule has 8 nitrogen and oxygen atoms in total. The molecule has 236 valence electrons. The van der Waals surface area contributed by atoms with Gasteiger partial charge in [0.05, 0.1) is 45.1 Å². The average Bonchev–Trinajstić information content (AvgIpc) is 3.52. The van der Waals surface area contributed by atoms with Crippen molar-refractivity contribution in [2.75, 3.05) is 23.7 Å². The van der Waals surface area contributed by atoms with E-state index < -0.39 is 5.82 Å². The molecule has 2 N–H and O–H groups in total. The Labute approximate surface area is 278 Å². The molecular formula is C35H35Cl2FN8. The molecule has 3 aromatic carbocycles. The molecule has 5 aromatic rings. The van der Waals surface area contributed by atoms with Crippen LogP contribution < -0.4 is 10.6 Å². The van der Waals surface area contributed by atoms with E-state index in [1.54, 1.807) is 6.07 Å². The van der Waals surface area contributed by atoms with Crippen LogP contribution in [0.2, 0.25) is 10.0 Å². The van der Waals surface area contributed by atoms with Crippen LogP contribution in [0.1, 0.15) is 68.1 Å². The van der Waals surface area contributed by atoms with Crippen molar-refractivity contribution in [3.63, 3.8) is 0 Å². The Bertz CT molecular complexity index is 1940. The molecule has 1 aliphatic heterocycles. The van der Waals surface area contributed by atoms with E-state index >= 15 is 0 Å². The largest absolute Gasteiger partial charge is 0.373 e. The summed E-state index contributed by atoms with van der Waals surface area (Å²) in [7, 11) is 0. The molecule has 46 heavy (non-hydrogen) atoms. The van der Waals surface area contributed by atoms with E-state index in [9.17, 15) is 9.65 Å². The summed E-state index contributed by atoms with van der Waals surface area (Å²) in [6, 6.07) is 18.4. The number of hydrogen-bond donors (Lipinski definition) is 2. The quantitative estimate of drug-likeness (QED) is 0.181. The van der Waals surface area contributed by atoms with E-state index in [0.717, 1.165) is 42.8 Å². The maximum atomic E-state index is 13.9. The number of fused-ring (bicyclic) bond motifs is 1. The van der Waals surface area contributed by atoms with Crippen molar-refractivity contribution in [1.29, 1.82) is 5.26 Å². The van der Waals surface area contributed by atoms with Crippen LogP contribution in [-0.2, 0) is 0 Å². The Morgan fingerprint density at radius 3 is 2.48 bits per heavy atom. The highest BCUT2D eigenvalue weighted by Gasteiger charge is 2.29. The smallest absolute Gasteiger partial charge is 0.141 e. The maximum absolute atomic E-state index is 13.9. The number of likely N-dealkylation sites (tertiary alicyclic amines) is 1. The minimum Gasteiger partial charge on any atom is -0.373 e. The number of benzene rings is 3. The molecule has 0 radical (unpaired) electrons. The molecule has 1 aliphatic rings. The Morgan fingerprint density at radius 2 is 1.78 bits per heavy atom. The molecule has 2 aromatic heterocycles. The number of rotatable bonds is 7. The highest BCUT2D eigenvalue weighted by Crippen LogP contribution is 2.37. The van der Waals surface area contributed by atoms with Crippen LogP contribution in [0.3, 0.4) is 0 Å². The SMILES string of the molecule is Cc1cccc([C@H](Nc2cc(Cl)c3ncc(C#N)c(Nc4ccc(F)c(Cl)c4)c3c2)c2cn(C3CCN(C(C)(C)C)CC3)nn2)c1. The zero-order valence-electron chi connectivity index (χ0n) is 26.2. The summed E-state index contributed by atoms with van der Waals surface area (Å²) >= 11 is 12.9. The highest BCUT2D eigenvalue weighted by molar-refractivity contribution is 6.36. The Hall–Kier alpha value is -4.23. The first-order valence-electron chi connectivity index (χ1n) is 15.2. The summed E-state index contributed by atoms with van der Waals surface area (Å²) in [6.07, 6.45) is 5.52. The number of hydrogen-bond acceptors (Lipinski definition) is 7. The third-order valence-electron chi connectivity index (χ3n) is 8.53. The molecule has 0 aliphatic carbocycles. The van der Waals surface area contributed by atoms with Crippen molar-refractivity contribution in [3.05, 3.63) is 105 Å². The van der Waals surface area contributed by atoms with Gasteiger partial charge in [-0.2, -0.15) is 5.26 Å². The summed E-state index contributed by atoms with van der Waals surface area (Å²) in [5.74, 6) is -0.531. The van der Waals surface area contributed by atoms with Crippen molar-refractivity contribution in [1.82, 2.24) is 24.9 Å². The van der Waals surface area contributed by atoms with E-state index in [0.29, 0.717) is 38.6 Å². The fourth-order valence-electron chi connectivity index (χ4n) is 6.03. The minimum atomic E-state index is -0.531. The molecule has 0 unspecified atom stereocenters. The summed E-state index contributed by atoms with van der Waals surface area (Å²) in [6.45, 7) is 10.9. The zero-order valence-corrected chi connectivity index (χ0v) is 27.7. The van der Waals surface area contributed by atoms with Gasteiger partial charge in [-0.1, -0.05) is 58.2 Å². The first-order valence-corrected chi connectivity index (χ1v) is 16.0. The number of aromatic nitrogens is 4. The van der Waals surface area contributed by atoms with Crippen LogP contribution >= 0.6 is 23.2 Å². The topological polar surface area (TPSA) is 94.7 Å². The van der Waals surface area contributed by atoms with Crippen molar-refractivity contribution in [2.24, 2.45) is 0 Å². The monoisotopic (exact) mass is 656 g/mol. The van der Waals surface area contributed by atoms with Gasteiger partial charge in [0.25, 0.3) is 0 Å². The van der Waals surface area contributed by atoms with Crippen LogP contribution in [0.15, 0.2) is 67.0 Å². The molecule has 3 heterocycles. The average molecular weight is 658 g/mol. The minimum absolute atomic E-state index is 0.0314. The molecule has 0 spiro atoms. The number of aryl methyl sites for hydroxylation is 1. The number of anilines is 3. The fraction of sp³-hybridized carbons (Fsp3) is 0.314. The second kappa shape index (κ2) is 12.9. The van der Waals surface area contributed by atoms with E-state index in [1.165, 1.54) is 18.3 Å². The van der Waals surface area contributed by atoms with Crippen molar-refractivity contribution in [3.8, 4) is 6.07 Å². The standard InChI is InChI=1S/C35H35Cl2FN8/c1-21-6-5-7-22(14-21)33(31-20-46(44-43-31)26-10-12-45(13-11-26)35(2,3)4)42-25-15-27-32(41-24-8-9-30(38)28(36)16-24)23(18-39)19-40-34(27)29(37)17-25/h5-9,14-17,19-20,26,33,42H,10-13H2,1-4H3,(H,40,41)/t33-/m0/s1. The lowest BCUT2D eigenvalue weighted by Crippen LogP contribution is -2.46. The summed E-state index contributed by atoms with van der Waals surface area (Å²) in [4.78, 5) is 6.99. The molecular weight excluding hydrogens is 622 g/mol. The van der Waals surface area contributed by atoms with Gasteiger partial charge >= 0.3 is 0 Å². The second-order valence-electron chi connectivity index (χ2n) is 12.8. The van der Waals surface area contributed by atoms with E-state index in [2.05, 4.69) is 82.8 Å². The van der Waals surface area contributed by atoms with Gasteiger partial charge in [0.15, 0.2) is 0 Å². The molecule has 6 rings (SSSR count). The van der Waals surface area contributed by atoms with Gasteiger partial charge in [-0.15, -0.1) is 5.10 Å². The third-order valence-corrected chi connectivity index (χ3v) is 9.11. The fourth-order valence-corrected chi connectivity index (χ4v) is 6.48. The van der Waals surface area contributed by atoms with Gasteiger partial charge in [0, 0.05) is 41.6 Å². The molecule has 1 atom stereocenters. The molecule has 1 fully saturated rings. The predicted molar refractivity (Wildman–Crippen MR) is 182 cm³/mol. The van der Waals surface area contributed by atoms with E-state index in [-0.39, 0.29) is 22.6 Å². The van der Waals surface area contributed by atoms with Gasteiger partial charge in [-0.3, -0.25) is 9.88 Å². The number of nitrogens with one attached hydrogen (secondary N) is 2. The van der Waals surface area contributed by atoms with Crippen molar-refractivity contribution >= 4 is 51.2 Å². The van der Waals surface area contributed by atoms with E-state index in [1.807, 2.05) is 29.1 Å². The highest BCUT2D eigenvalue weighted by atomic mass is 35.5. The van der Waals surface area contributed by atoms with Crippen molar-refractivity contribution in [2.45, 2.75) is 58.2 Å². The Morgan fingerprint density at radius 1 is 1.02 bits per heavy atom. The van der Waals surface area contributed by atoms with E-state index in [4.69, 9.17) is 23.2 Å². The predicted octanol–water partition coefficient (Wildman–Crippen LogP) is 8.83. The molecule has 0 amide bonds. The first-order chi connectivity index (χ1) is 22.0. The van der Waals surface area contributed by atoms with Gasteiger partial charge in [-0.05, 0) is 76.4 Å². The van der Waals surface area contributed by atoms with Crippen LogP contribution in [0.25, 0.3) is 10.9 Å². The molecule has 1 saturated heterocycles. The van der Waals surface area contributed by atoms with Crippen LogP contribution in [0.5, 0.6) is 0 Å². The molecule has 0 bridgehead atoms. The lowest BCUT2D eigenvalue weighted by atomic mass is 9.98. The van der Waals surface area contributed by atoms with Crippen molar-refractivity contribution < 1.29 is 4.39 Å². The Balaban J connectivity index is 1.36. The lowest BCUT2D eigenvalue weighted by molar-refractivity contribution is 0.0866. The molecule has 0 saturated carbocycles. The summed E-state index contributed by atoms with van der Waals surface area (Å²) in [5, 5.41) is 27.1. The summed E-state index contributed by atoms with van der Waals surface area (Å²) in [5.41, 5.74) is 5.60. The number of piperidine rings is 1. The third kappa shape index (κ3) is 6.66. The number of nitriles is 1. The second-order valence-corrected chi connectivity index (χ2v) is 13.6. The molecule has 11 heteroatoms. The van der Waals surface area contributed by atoms with Crippen LogP contribution in [-0.4, -0.2) is 43.5 Å². The van der Waals surface area contributed by atoms with Gasteiger partial charge < -0.3 is 10.6 Å². The zero-order chi connectivity index (χ0) is 32.6. The van der Waals surface area contributed by atoms with Gasteiger partial charge in [0.2, 0.25) is 0 Å². The lowest BCUT2D eigenvalue weighted by Gasteiger charge is -2.40. The first kappa shape index (κ1) is 31.7. The van der Waals surface area contributed by atoms with Crippen LogP contribution in [0.4, 0.5) is 21.5 Å². The number of nitrogens with zero attached hydrogens (tertiary/aromatic N) is 6.